The molecule has 0 aromatic carbocycles. The van der Waals surface area contributed by atoms with Gasteiger partial charge in [-0.25, -0.2) is 24.2 Å². The molecule has 0 aliphatic carbocycles. The van der Waals surface area contributed by atoms with E-state index in [0.29, 0.717) is 0 Å². The van der Waals surface area contributed by atoms with Crippen LogP contribution >= 0.6 is 0 Å². The smallest absolute Gasteiger partial charge is 0.357 e. The Balaban J connectivity index is 1.66. The zero-order valence-corrected chi connectivity index (χ0v) is 12.4. The molecule has 2 fully saturated rings. The van der Waals surface area contributed by atoms with E-state index >= 15 is 0 Å². The number of esters is 4. The Bertz CT molecular complexity index is 645. The summed E-state index contributed by atoms with van der Waals surface area (Å²) < 4.78 is 19.4. The zero-order chi connectivity index (χ0) is 17.1. The van der Waals surface area contributed by atoms with Crippen molar-refractivity contribution >= 4 is 23.9 Å². The molecule has 1 aromatic rings. The fraction of sp³-hybridized carbons (Fsp3) is 0.400. The third-order valence-corrected chi connectivity index (χ3v) is 3.44. The molecule has 1 aromatic heterocycles. The van der Waals surface area contributed by atoms with Gasteiger partial charge in [0.25, 0.3) is 0 Å². The van der Waals surface area contributed by atoms with E-state index in [9.17, 15) is 19.2 Å². The molecule has 2 aliphatic heterocycles. The Morgan fingerprint density at radius 1 is 0.917 bits per heavy atom. The minimum absolute atomic E-state index is 0.154. The van der Waals surface area contributed by atoms with Gasteiger partial charge in [-0.2, -0.15) is 0 Å². The Hall–Kier alpha value is -2.97. The minimum atomic E-state index is -0.969. The average Bonchev–Trinajstić information content (AvgIpc) is 3.16. The molecule has 2 atom stereocenters. The van der Waals surface area contributed by atoms with Gasteiger partial charge in [0.15, 0.2) is 0 Å². The molecule has 0 spiro atoms. The molecule has 9 heteroatoms. The van der Waals surface area contributed by atoms with Crippen LogP contribution in [-0.2, 0) is 28.5 Å². The molecule has 0 amide bonds. The van der Waals surface area contributed by atoms with E-state index in [1.807, 2.05) is 0 Å². The van der Waals surface area contributed by atoms with Gasteiger partial charge in [-0.1, -0.05) is 6.07 Å². The van der Waals surface area contributed by atoms with Gasteiger partial charge in [0, 0.05) is 12.8 Å². The highest BCUT2D eigenvalue weighted by Gasteiger charge is 2.32. The van der Waals surface area contributed by atoms with Crippen LogP contribution in [0.3, 0.4) is 0 Å². The second-order valence-electron chi connectivity index (χ2n) is 5.11. The Morgan fingerprint density at radius 3 is 1.75 bits per heavy atom. The van der Waals surface area contributed by atoms with Crippen molar-refractivity contribution < 1.29 is 38.1 Å². The number of hydrogen-bond donors (Lipinski definition) is 0. The number of rotatable bonds is 4. The van der Waals surface area contributed by atoms with E-state index in [0.717, 1.165) is 0 Å². The second kappa shape index (κ2) is 6.65. The van der Waals surface area contributed by atoms with Gasteiger partial charge in [0.2, 0.25) is 12.2 Å². The molecule has 2 unspecified atom stereocenters. The number of hydrogen-bond acceptors (Lipinski definition) is 9. The molecule has 24 heavy (non-hydrogen) atoms. The van der Waals surface area contributed by atoms with E-state index in [4.69, 9.17) is 18.9 Å². The van der Waals surface area contributed by atoms with Gasteiger partial charge in [0.05, 0.1) is 13.2 Å². The maximum atomic E-state index is 12.0. The van der Waals surface area contributed by atoms with Crippen LogP contribution in [0.1, 0.15) is 33.8 Å². The quantitative estimate of drug-likeness (QED) is 0.554. The predicted molar refractivity (Wildman–Crippen MR) is 73.8 cm³/mol. The third-order valence-electron chi connectivity index (χ3n) is 3.44. The normalized spacial score (nSPS) is 22.7. The molecule has 2 aliphatic rings. The van der Waals surface area contributed by atoms with Gasteiger partial charge in [-0.3, -0.25) is 0 Å². The number of cyclic esters (lactones) is 2. The number of aromatic nitrogens is 1. The van der Waals surface area contributed by atoms with Crippen molar-refractivity contribution in [2.75, 3.05) is 13.2 Å². The summed E-state index contributed by atoms with van der Waals surface area (Å²) in [5.41, 5.74) is -0.309. The lowest BCUT2D eigenvalue weighted by molar-refractivity contribution is -0.145. The van der Waals surface area contributed by atoms with E-state index in [1.165, 1.54) is 18.2 Å². The number of carbonyl (C=O) groups excluding carboxylic acids is 4. The molecular weight excluding hydrogens is 322 g/mol. The van der Waals surface area contributed by atoms with Crippen molar-refractivity contribution in [1.29, 1.82) is 0 Å². The van der Waals surface area contributed by atoms with Crippen LogP contribution in [0.4, 0.5) is 0 Å². The summed E-state index contributed by atoms with van der Waals surface area (Å²) in [6, 6.07) is 4.09. The fourth-order valence-corrected chi connectivity index (χ4v) is 2.21. The maximum Gasteiger partial charge on any atom is 0.357 e. The van der Waals surface area contributed by atoms with Crippen LogP contribution in [-0.4, -0.2) is 54.3 Å². The van der Waals surface area contributed by atoms with Gasteiger partial charge >= 0.3 is 23.9 Å². The third kappa shape index (κ3) is 3.34. The lowest BCUT2D eigenvalue weighted by Crippen LogP contribution is -2.25. The highest BCUT2D eigenvalue weighted by Crippen LogP contribution is 2.15. The highest BCUT2D eigenvalue weighted by molar-refractivity contribution is 5.93. The SMILES string of the molecule is O=C(OC1CCOC1=O)c1cccc(C(=O)OC2CCOC2=O)n1. The van der Waals surface area contributed by atoms with Gasteiger partial charge in [-0.05, 0) is 12.1 Å². The number of nitrogens with zero attached hydrogens (tertiary/aromatic N) is 1. The Morgan fingerprint density at radius 2 is 1.38 bits per heavy atom. The lowest BCUT2D eigenvalue weighted by atomic mass is 10.2. The van der Waals surface area contributed by atoms with Crippen molar-refractivity contribution in [2.24, 2.45) is 0 Å². The summed E-state index contributed by atoms with van der Waals surface area (Å²) in [5.74, 6) is -2.93. The molecular formula is C15H13NO8. The summed E-state index contributed by atoms with van der Waals surface area (Å²) in [6.07, 6.45) is -1.39. The summed E-state index contributed by atoms with van der Waals surface area (Å²) in [4.78, 5) is 50.5. The predicted octanol–water partition coefficient (Wildman–Crippen LogP) is 0.0262. The number of carbonyl (C=O) groups is 4. The monoisotopic (exact) mass is 335 g/mol. The first kappa shape index (κ1) is 15.9. The molecule has 0 bridgehead atoms. The second-order valence-corrected chi connectivity index (χ2v) is 5.11. The summed E-state index contributed by atoms with van der Waals surface area (Å²) in [7, 11) is 0. The van der Waals surface area contributed by atoms with E-state index < -0.39 is 36.1 Å². The summed E-state index contributed by atoms with van der Waals surface area (Å²) in [5, 5.41) is 0. The largest absolute Gasteiger partial charge is 0.463 e. The first-order valence-electron chi connectivity index (χ1n) is 7.27. The standard InChI is InChI=1S/C15H13NO8/c17-12(23-10-4-6-21-14(10)19)8-2-1-3-9(16-8)13(18)24-11-5-7-22-15(11)20/h1-3,10-11H,4-7H2. The molecule has 3 rings (SSSR count). The first-order chi connectivity index (χ1) is 11.5. The van der Waals surface area contributed by atoms with Crippen LogP contribution in [0.5, 0.6) is 0 Å². The minimum Gasteiger partial charge on any atom is -0.463 e. The van der Waals surface area contributed by atoms with Crippen molar-refractivity contribution in [2.45, 2.75) is 25.0 Å². The van der Waals surface area contributed by atoms with E-state index in [2.05, 4.69) is 4.98 Å². The van der Waals surface area contributed by atoms with Crippen molar-refractivity contribution in [1.82, 2.24) is 4.98 Å². The van der Waals surface area contributed by atoms with Crippen LogP contribution < -0.4 is 0 Å². The molecule has 0 radical (unpaired) electrons. The lowest BCUT2D eigenvalue weighted by Gasteiger charge is -2.10. The van der Waals surface area contributed by atoms with Gasteiger partial charge in [-0.15, -0.1) is 0 Å². The van der Waals surface area contributed by atoms with Crippen molar-refractivity contribution in [3.63, 3.8) is 0 Å². The maximum absolute atomic E-state index is 12.0. The van der Waals surface area contributed by atoms with Crippen molar-refractivity contribution in [3.8, 4) is 0 Å². The molecule has 3 heterocycles. The Kier molecular flexibility index (Phi) is 4.41. The molecule has 2 saturated heterocycles. The average molecular weight is 335 g/mol. The molecule has 0 saturated carbocycles. The summed E-state index contributed by atoms with van der Waals surface area (Å²) >= 11 is 0. The van der Waals surface area contributed by atoms with Crippen LogP contribution in [0.15, 0.2) is 18.2 Å². The number of ether oxygens (including phenoxy) is 4. The van der Waals surface area contributed by atoms with Crippen LogP contribution in [0.25, 0.3) is 0 Å². The van der Waals surface area contributed by atoms with E-state index in [-0.39, 0.29) is 37.4 Å². The van der Waals surface area contributed by atoms with Gasteiger partial charge in [0.1, 0.15) is 11.4 Å². The molecule has 126 valence electrons. The summed E-state index contributed by atoms with van der Waals surface area (Å²) in [6.45, 7) is 0.377. The molecule has 9 nitrogen and oxygen atoms in total. The fourth-order valence-electron chi connectivity index (χ4n) is 2.21. The number of pyridine rings is 1. The first-order valence-corrected chi connectivity index (χ1v) is 7.27. The van der Waals surface area contributed by atoms with Crippen molar-refractivity contribution in [3.05, 3.63) is 29.6 Å². The zero-order valence-electron chi connectivity index (χ0n) is 12.4. The molecule has 0 N–H and O–H groups in total. The van der Waals surface area contributed by atoms with Crippen LogP contribution in [0, 0.1) is 0 Å². The Labute approximate surface area is 135 Å². The van der Waals surface area contributed by atoms with E-state index in [1.54, 1.807) is 0 Å². The van der Waals surface area contributed by atoms with Crippen LogP contribution in [0.2, 0.25) is 0 Å². The highest BCUT2D eigenvalue weighted by atomic mass is 16.6. The topological polar surface area (TPSA) is 118 Å². The van der Waals surface area contributed by atoms with Gasteiger partial charge < -0.3 is 18.9 Å².